The number of hydrogen-bond acceptors (Lipinski definition) is 4. The summed E-state index contributed by atoms with van der Waals surface area (Å²) in [6.07, 6.45) is 3.31. The highest BCUT2D eigenvalue weighted by molar-refractivity contribution is 6.62. The van der Waals surface area contributed by atoms with Crippen molar-refractivity contribution >= 4 is 18.2 Å². The fourth-order valence-electron chi connectivity index (χ4n) is 3.60. The highest BCUT2D eigenvalue weighted by Crippen LogP contribution is 2.36. The Labute approximate surface area is 144 Å². The van der Waals surface area contributed by atoms with E-state index in [1.807, 2.05) is 0 Å². The van der Waals surface area contributed by atoms with Crippen LogP contribution in [-0.4, -0.2) is 43.6 Å². The van der Waals surface area contributed by atoms with Crippen LogP contribution in [0.3, 0.4) is 0 Å². The van der Waals surface area contributed by atoms with E-state index in [-0.39, 0.29) is 18.3 Å². The van der Waals surface area contributed by atoms with Crippen molar-refractivity contribution in [3.8, 4) is 0 Å². The third-order valence-corrected chi connectivity index (χ3v) is 5.72. The number of fused-ring (bicyclic) bond motifs is 2. The Bertz CT molecular complexity index is 654. The Kier molecular flexibility index (Phi) is 3.88. The molecule has 0 amide bonds. The van der Waals surface area contributed by atoms with Crippen LogP contribution in [0.4, 0.5) is 0 Å². The summed E-state index contributed by atoms with van der Waals surface area (Å²) in [5.41, 5.74) is 3.13. The molecule has 2 unspecified atom stereocenters. The molecule has 1 N–H and O–H groups in total. The van der Waals surface area contributed by atoms with Gasteiger partial charge < -0.3 is 19.4 Å². The Morgan fingerprint density at radius 3 is 2.54 bits per heavy atom. The molecule has 0 aliphatic carbocycles. The molecule has 128 valence electrons. The Morgan fingerprint density at radius 1 is 1.08 bits per heavy atom. The van der Waals surface area contributed by atoms with Gasteiger partial charge in [-0.05, 0) is 50.7 Å². The highest BCUT2D eigenvalue weighted by Gasteiger charge is 2.51. The minimum atomic E-state index is -0.309. The molecule has 2 bridgehead atoms. The van der Waals surface area contributed by atoms with Gasteiger partial charge in [-0.25, -0.2) is 0 Å². The summed E-state index contributed by atoms with van der Waals surface area (Å²) in [5, 5.41) is 3.59. The van der Waals surface area contributed by atoms with E-state index in [0.717, 1.165) is 25.1 Å². The molecule has 4 nitrogen and oxygen atoms in total. The topological polar surface area (TPSA) is 39.7 Å². The zero-order valence-electron chi connectivity index (χ0n) is 15.0. The monoisotopic (exact) mass is 327 g/mol. The van der Waals surface area contributed by atoms with Crippen molar-refractivity contribution in [2.24, 2.45) is 0 Å². The molecule has 1 aromatic carbocycles. The molecule has 2 atom stereocenters. The average Bonchev–Trinajstić information content (AvgIpc) is 2.75. The number of nitrogens with one attached hydrogen (secondary N) is 1. The zero-order chi connectivity index (χ0) is 16.9. The average molecular weight is 327 g/mol. The van der Waals surface area contributed by atoms with Gasteiger partial charge in [0.25, 0.3) is 0 Å². The van der Waals surface area contributed by atoms with Crippen LogP contribution in [0.5, 0.6) is 0 Å². The summed E-state index contributed by atoms with van der Waals surface area (Å²) in [6, 6.07) is 9.35. The predicted molar refractivity (Wildman–Crippen MR) is 96.3 cm³/mol. The quantitative estimate of drug-likeness (QED) is 0.845. The van der Waals surface area contributed by atoms with Gasteiger partial charge in [0.05, 0.1) is 24.4 Å². The summed E-state index contributed by atoms with van der Waals surface area (Å²) in [4.78, 5) is 0. The highest BCUT2D eigenvalue weighted by atomic mass is 16.7. The van der Waals surface area contributed by atoms with E-state index < -0.39 is 0 Å². The molecule has 0 radical (unpaired) electrons. The van der Waals surface area contributed by atoms with E-state index in [1.54, 1.807) is 0 Å². The summed E-state index contributed by atoms with van der Waals surface area (Å²) < 4.78 is 18.0. The minimum absolute atomic E-state index is 0.305. The molecule has 3 aliphatic heterocycles. The van der Waals surface area contributed by atoms with E-state index in [0.29, 0.717) is 12.1 Å². The van der Waals surface area contributed by atoms with Gasteiger partial charge >= 0.3 is 7.12 Å². The lowest BCUT2D eigenvalue weighted by molar-refractivity contribution is 0.00578. The molecule has 1 aromatic rings. The smallest absolute Gasteiger partial charge is 0.399 e. The second-order valence-electron chi connectivity index (χ2n) is 8.12. The van der Waals surface area contributed by atoms with Crippen LogP contribution in [0.1, 0.15) is 39.7 Å². The summed E-state index contributed by atoms with van der Waals surface area (Å²) in [5.74, 6) is 0. The van der Waals surface area contributed by atoms with Gasteiger partial charge in [-0.15, -0.1) is 0 Å². The lowest BCUT2D eigenvalue weighted by atomic mass is 9.77. The van der Waals surface area contributed by atoms with Crippen molar-refractivity contribution < 1.29 is 14.0 Å². The number of ether oxygens (including phenoxy) is 1. The van der Waals surface area contributed by atoms with Gasteiger partial charge in [0.2, 0.25) is 0 Å². The van der Waals surface area contributed by atoms with E-state index in [1.165, 1.54) is 11.1 Å². The van der Waals surface area contributed by atoms with Crippen LogP contribution in [0.2, 0.25) is 0 Å². The van der Waals surface area contributed by atoms with Crippen molar-refractivity contribution in [1.29, 1.82) is 0 Å². The van der Waals surface area contributed by atoms with Gasteiger partial charge in [0, 0.05) is 12.1 Å². The molecule has 0 spiro atoms. The van der Waals surface area contributed by atoms with Crippen molar-refractivity contribution in [1.82, 2.24) is 5.32 Å². The van der Waals surface area contributed by atoms with Crippen LogP contribution in [-0.2, 0) is 14.0 Å². The summed E-state index contributed by atoms with van der Waals surface area (Å²) in [7, 11) is -0.305. The van der Waals surface area contributed by atoms with Crippen LogP contribution in [0, 0.1) is 0 Å². The lowest BCUT2D eigenvalue weighted by Gasteiger charge is -2.35. The third kappa shape index (κ3) is 2.84. The molecule has 0 aromatic heterocycles. The maximum Gasteiger partial charge on any atom is 0.494 e. The molecular weight excluding hydrogens is 301 g/mol. The molecule has 0 saturated carbocycles. The van der Waals surface area contributed by atoms with E-state index in [2.05, 4.69) is 63.4 Å². The van der Waals surface area contributed by atoms with Gasteiger partial charge in [0.1, 0.15) is 0 Å². The molecular formula is C19H26BNO3. The first-order valence-corrected chi connectivity index (χ1v) is 8.84. The minimum Gasteiger partial charge on any atom is -0.399 e. The van der Waals surface area contributed by atoms with Crippen molar-refractivity contribution in [2.75, 3.05) is 13.2 Å². The van der Waals surface area contributed by atoms with Gasteiger partial charge in [-0.1, -0.05) is 30.3 Å². The number of morpholine rings is 1. The Morgan fingerprint density at radius 2 is 1.83 bits per heavy atom. The van der Waals surface area contributed by atoms with Crippen molar-refractivity contribution in [2.45, 2.75) is 57.4 Å². The maximum atomic E-state index is 6.19. The van der Waals surface area contributed by atoms with Crippen LogP contribution in [0.25, 0.3) is 5.57 Å². The van der Waals surface area contributed by atoms with E-state index in [4.69, 9.17) is 14.0 Å². The third-order valence-electron chi connectivity index (χ3n) is 5.72. The summed E-state index contributed by atoms with van der Waals surface area (Å²) >= 11 is 0. The van der Waals surface area contributed by atoms with Crippen LogP contribution >= 0.6 is 0 Å². The van der Waals surface area contributed by atoms with Crippen molar-refractivity contribution in [3.05, 3.63) is 35.9 Å². The van der Waals surface area contributed by atoms with Gasteiger partial charge in [-0.2, -0.15) is 0 Å². The second kappa shape index (κ2) is 5.70. The lowest BCUT2D eigenvalue weighted by Crippen LogP contribution is -2.50. The molecule has 3 aliphatic rings. The standard InChI is InChI=1S/C19H26BNO3/c1-18(2)19(3,4)24-20(23-18)15-7-5-6-13(8-15)14-9-16-11-22-12-17(10-14)21-16/h5-9,16-17,21H,10-12H2,1-4H3. The van der Waals surface area contributed by atoms with E-state index >= 15 is 0 Å². The first-order chi connectivity index (χ1) is 11.3. The fraction of sp³-hybridized carbons (Fsp3) is 0.579. The molecule has 4 rings (SSSR count). The maximum absolute atomic E-state index is 6.19. The molecule has 2 saturated heterocycles. The largest absolute Gasteiger partial charge is 0.494 e. The van der Waals surface area contributed by atoms with Gasteiger partial charge in [-0.3, -0.25) is 0 Å². The first kappa shape index (κ1) is 16.3. The number of hydrogen-bond donors (Lipinski definition) is 1. The first-order valence-electron chi connectivity index (χ1n) is 8.84. The van der Waals surface area contributed by atoms with Gasteiger partial charge in [0.15, 0.2) is 0 Å². The predicted octanol–water partition coefficient (Wildman–Crippen LogP) is 2.13. The van der Waals surface area contributed by atoms with Crippen LogP contribution < -0.4 is 10.8 Å². The Hall–Kier alpha value is -1.14. The molecule has 2 fully saturated rings. The van der Waals surface area contributed by atoms with E-state index in [9.17, 15) is 0 Å². The van der Waals surface area contributed by atoms with Crippen LogP contribution in [0.15, 0.2) is 30.3 Å². The molecule has 24 heavy (non-hydrogen) atoms. The number of rotatable bonds is 2. The normalized spacial score (nSPS) is 31.0. The molecule has 3 heterocycles. The van der Waals surface area contributed by atoms with Crippen molar-refractivity contribution in [3.63, 3.8) is 0 Å². The fourth-order valence-corrected chi connectivity index (χ4v) is 3.60. The Balaban J connectivity index is 1.60. The molecule has 5 heteroatoms. The second-order valence-corrected chi connectivity index (χ2v) is 8.12. The zero-order valence-corrected chi connectivity index (χ0v) is 15.0. The SMILES string of the molecule is CC1(C)OB(c2cccc(C3=CC4COCC(C3)N4)c2)OC1(C)C. The number of benzene rings is 1. The summed E-state index contributed by atoms with van der Waals surface area (Å²) in [6.45, 7) is 9.92.